The lowest BCUT2D eigenvalue weighted by molar-refractivity contribution is -0.137. The van der Waals surface area contributed by atoms with Gasteiger partial charge < -0.3 is 15.0 Å². The third-order valence-corrected chi connectivity index (χ3v) is 3.30. The number of aliphatic carboxylic acids is 1. The van der Waals surface area contributed by atoms with Crippen LogP contribution in [0.5, 0.6) is 0 Å². The Balaban J connectivity index is 3.17. The first-order valence-electron chi connectivity index (χ1n) is 6.99. The topological polar surface area (TPSA) is 84.2 Å². The van der Waals surface area contributed by atoms with Crippen molar-refractivity contribution >= 4 is 11.8 Å². The SMILES string of the molecule is CC(C)(C)C(CC(=O)O)Nc1nccn(C(C)(C)C)c1=O. The fraction of sp³-hybridized carbons (Fsp3) is 0.667. The molecule has 1 aromatic heterocycles. The van der Waals surface area contributed by atoms with E-state index in [0.717, 1.165) is 0 Å². The van der Waals surface area contributed by atoms with Crippen LogP contribution >= 0.6 is 0 Å². The van der Waals surface area contributed by atoms with E-state index in [1.54, 1.807) is 17.0 Å². The maximum atomic E-state index is 12.5. The fourth-order valence-electron chi connectivity index (χ4n) is 1.95. The lowest BCUT2D eigenvalue weighted by Gasteiger charge is -2.31. The molecule has 0 bridgehead atoms. The zero-order chi connectivity index (χ0) is 16.4. The smallest absolute Gasteiger partial charge is 0.305 e. The number of aromatic nitrogens is 2. The Morgan fingerprint density at radius 3 is 2.33 bits per heavy atom. The van der Waals surface area contributed by atoms with Gasteiger partial charge in [0, 0.05) is 24.0 Å². The van der Waals surface area contributed by atoms with Gasteiger partial charge in [-0.2, -0.15) is 0 Å². The van der Waals surface area contributed by atoms with E-state index in [4.69, 9.17) is 5.11 Å². The van der Waals surface area contributed by atoms with Crippen molar-refractivity contribution in [1.29, 1.82) is 0 Å². The molecule has 0 saturated heterocycles. The predicted octanol–water partition coefficient (Wildman–Crippen LogP) is 2.30. The van der Waals surface area contributed by atoms with E-state index in [-0.39, 0.29) is 34.8 Å². The highest BCUT2D eigenvalue weighted by Gasteiger charge is 2.28. The first-order chi connectivity index (χ1) is 9.43. The van der Waals surface area contributed by atoms with Crippen LogP contribution in [0.3, 0.4) is 0 Å². The van der Waals surface area contributed by atoms with E-state index in [1.807, 2.05) is 41.5 Å². The second-order valence-corrected chi connectivity index (χ2v) is 7.28. The van der Waals surface area contributed by atoms with Crippen LogP contribution in [0, 0.1) is 5.41 Å². The molecule has 1 rings (SSSR count). The molecule has 0 fully saturated rings. The van der Waals surface area contributed by atoms with Crippen molar-refractivity contribution in [2.75, 3.05) is 5.32 Å². The molecule has 1 atom stereocenters. The maximum absolute atomic E-state index is 12.5. The van der Waals surface area contributed by atoms with E-state index < -0.39 is 5.97 Å². The number of carboxylic acid groups (broad SMARTS) is 1. The van der Waals surface area contributed by atoms with Crippen LogP contribution in [0.25, 0.3) is 0 Å². The minimum absolute atomic E-state index is 0.0744. The molecule has 0 saturated carbocycles. The summed E-state index contributed by atoms with van der Waals surface area (Å²) in [6.07, 6.45) is 3.11. The van der Waals surface area contributed by atoms with E-state index in [9.17, 15) is 9.59 Å². The quantitative estimate of drug-likeness (QED) is 0.890. The van der Waals surface area contributed by atoms with Crippen molar-refractivity contribution in [1.82, 2.24) is 9.55 Å². The number of anilines is 1. The van der Waals surface area contributed by atoms with Gasteiger partial charge in [-0.15, -0.1) is 0 Å². The predicted molar refractivity (Wildman–Crippen MR) is 82.6 cm³/mol. The Labute approximate surface area is 125 Å². The third-order valence-electron chi connectivity index (χ3n) is 3.30. The molecular weight excluding hydrogens is 270 g/mol. The standard InChI is InChI=1S/C15H25N3O3/c1-14(2,3)10(9-11(19)20)17-12-13(21)18(8-7-16-12)15(4,5)6/h7-8,10H,9H2,1-6H3,(H,16,17)(H,19,20). The first kappa shape index (κ1) is 17.2. The molecule has 0 aliphatic heterocycles. The van der Waals surface area contributed by atoms with Crippen molar-refractivity contribution in [3.05, 3.63) is 22.7 Å². The third kappa shape index (κ3) is 4.58. The summed E-state index contributed by atoms with van der Waals surface area (Å²) in [4.78, 5) is 27.5. The molecule has 1 unspecified atom stereocenters. The molecule has 118 valence electrons. The Morgan fingerprint density at radius 2 is 1.90 bits per heavy atom. The van der Waals surface area contributed by atoms with E-state index in [1.165, 1.54) is 0 Å². The van der Waals surface area contributed by atoms with Gasteiger partial charge >= 0.3 is 5.97 Å². The molecule has 21 heavy (non-hydrogen) atoms. The van der Waals surface area contributed by atoms with Gasteiger partial charge in [-0.1, -0.05) is 20.8 Å². The zero-order valence-corrected chi connectivity index (χ0v) is 13.6. The highest BCUT2D eigenvalue weighted by Crippen LogP contribution is 2.24. The minimum Gasteiger partial charge on any atom is -0.481 e. The zero-order valence-electron chi connectivity index (χ0n) is 13.6. The summed E-state index contributed by atoms with van der Waals surface area (Å²) in [7, 11) is 0. The molecule has 0 aliphatic rings. The van der Waals surface area contributed by atoms with E-state index in [0.29, 0.717) is 0 Å². The second-order valence-electron chi connectivity index (χ2n) is 7.28. The van der Waals surface area contributed by atoms with Crippen molar-refractivity contribution in [2.24, 2.45) is 5.41 Å². The molecule has 0 aromatic carbocycles. The molecule has 1 heterocycles. The van der Waals surface area contributed by atoms with Crippen LogP contribution in [0.2, 0.25) is 0 Å². The maximum Gasteiger partial charge on any atom is 0.305 e. The first-order valence-corrected chi connectivity index (χ1v) is 6.99. The highest BCUT2D eigenvalue weighted by molar-refractivity contribution is 5.68. The molecule has 6 nitrogen and oxygen atoms in total. The Morgan fingerprint density at radius 1 is 1.33 bits per heavy atom. The molecule has 2 N–H and O–H groups in total. The van der Waals surface area contributed by atoms with Gasteiger partial charge in [0.15, 0.2) is 5.82 Å². The summed E-state index contributed by atoms with van der Waals surface area (Å²) in [5.74, 6) is -0.719. The lowest BCUT2D eigenvalue weighted by Crippen LogP contribution is -2.41. The molecule has 0 radical (unpaired) electrons. The number of hydrogen-bond acceptors (Lipinski definition) is 4. The number of nitrogens with one attached hydrogen (secondary N) is 1. The van der Waals surface area contributed by atoms with Gasteiger partial charge in [-0.05, 0) is 26.2 Å². The normalized spacial score (nSPS) is 13.8. The van der Waals surface area contributed by atoms with E-state index in [2.05, 4.69) is 10.3 Å². The Hall–Kier alpha value is -1.85. The summed E-state index contributed by atoms with van der Waals surface area (Å²) < 4.78 is 1.59. The van der Waals surface area contributed by atoms with Gasteiger partial charge in [0.25, 0.3) is 5.56 Å². The number of hydrogen-bond donors (Lipinski definition) is 2. The van der Waals surface area contributed by atoms with Crippen LogP contribution < -0.4 is 10.9 Å². The lowest BCUT2D eigenvalue weighted by atomic mass is 9.85. The van der Waals surface area contributed by atoms with Crippen LogP contribution in [0.4, 0.5) is 5.82 Å². The van der Waals surface area contributed by atoms with Gasteiger partial charge in [0.1, 0.15) is 0 Å². The summed E-state index contributed by atoms with van der Waals surface area (Å²) >= 11 is 0. The van der Waals surface area contributed by atoms with Gasteiger partial charge in [-0.25, -0.2) is 4.98 Å². The van der Waals surface area contributed by atoms with Crippen molar-refractivity contribution < 1.29 is 9.90 Å². The van der Waals surface area contributed by atoms with Gasteiger partial charge in [-0.3, -0.25) is 9.59 Å². The number of rotatable bonds is 4. The minimum atomic E-state index is -0.908. The molecule has 0 spiro atoms. The van der Waals surface area contributed by atoms with Crippen LogP contribution in [-0.2, 0) is 10.3 Å². The van der Waals surface area contributed by atoms with Gasteiger partial charge in [0.2, 0.25) is 0 Å². The summed E-state index contributed by atoms with van der Waals surface area (Å²) in [5.41, 5.74) is -0.917. The van der Waals surface area contributed by atoms with Crippen LogP contribution in [0.1, 0.15) is 48.0 Å². The van der Waals surface area contributed by atoms with Crippen molar-refractivity contribution in [3.8, 4) is 0 Å². The van der Waals surface area contributed by atoms with Gasteiger partial charge in [0.05, 0.1) is 6.42 Å². The Bertz CT molecular complexity index is 565. The summed E-state index contributed by atoms with van der Waals surface area (Å²) in [6.45, 7) is 11.6. The Kier molecular flexibility index (Phi) is 4.81. The largest absolute Gasteiger partial charge is 0.481 e. The monoisotopic (exact) mass is 295 g/mol. The van der Waals surface area contributed by atoms with Crippen molar-refractivity contribution in [2.45, 2.75) is 59.5 Å². The number of carbonyl (C=O) groups is 1. The highest BCUT2D eigenvalue weighted by atomic mass is 16.4. The number of carboxylic acids is 1. The van der Waals surface area contributed by atoms with Crippen molar-refractivity contribution in [3.63, 3.8) is 0 Å². The molecule has 6 heteroatoms. The summed E-state index contributed by atoms with van der Waals surface area (Å²) in [5, 5.41) is 12.0. The van der Waals surface area contributed by atoms with Crippen LogP contribution in [0.15, 0.2) is 17.2 Å². The van der Waals surface area contributed by atoms with Crippen LogP contribution in [-0.4, -0.2) is 26.7 Å². The average molecular weight is 295 g/mol. The second kappa shape index (κ2) is 5.87. The molecule has 1 aromatic rings. The number of nitrogens with zero attached hydrogens (tertiary/aromatic N) is 2. The molecule has 0 amide bonds. The fourth-order valence-corrected chi connectivity index (χ4v) is 1.95. The molecule has 0 aliphatic carbocycles. The molecular formula is C15H25N3O3. The summed E-state index contributed by atoms with van der Waals surface area (Å²) in [6, 6.07) is -0.383. The van der Waals surface area contributed by atoms with E-state index >= 15 is 0 Å². The average Bonchev–Trinajstić information content (AvgIpc) is 2.27.